The van der Waals surface area contributed by atoms with Gasteiger partial charge >= 0.3 is 0 Å². The van der Waals surface area contributed by atoms with Crippen LogP contribution in [0.3, 0.4) is 0 Å². The van der Waals surface area contributed by atoms with Crippen molar-refractivity contribution in [1.29, 1.82) is 0 Å². The summed E-state index contributed by atoms with van der Waals surface area (Å²) in [5, 5.41) is 3.52. The van der Waals surface area contributed by atoms with E-state index in [0.717, 1.165) is 71.4 Å². The van der Waals surface area contributed by atoms with Crippen molar-refractivity contribution in [1.82, 2.24) is 20.0 Å². The third-order valence-electron chi connectivity index (χ3n) is 6.26. The van der Waals surface area contributed by atoms with Gasteiger partial charge in [0.05, 0.1) is 13.2 Å². The van der Waals surface area contributed by atoms with Crippen LogP contribution in [0, 0.1) is 0 Å². The second-order valence-electron chi connectivity index (χ2n) is 8.17. The molecule has 158 valence electrons. The lowest BCUT2D eigenvalue weighted by atomic mass is 10.1. The van der Waals surface area contributed by atoms with Crippen LogP contribution in [0.25, 0.3) is 0 Å². The van der Waals surface area contributed by atoms with Crippen LogP contribution in [-0.4, -0.2) is 85.6 Å². The van der Waals surface area contributed by atoms with Crippen molar-refractivity contribution in [3.63, 3.8) is 0 Å². The second kappa shape index (κ2) is 9.59. The highest BCUT2D eigenvalue weighted by Crippen LogP contribution is 2.18. The normalized spacial score (nSPS) is 23.8. The first kappa shape index (κ1) is 20.2. The summed E-state index contributed by atoms with van der Waals surface area (Å²) >= 11 is 0. The number of nitrogens with zero attached hydrogens (tertiary/aromatic N) is 4. The van der Waals surface area contributed by atoms with Gasteiger partial charge in [-0.1, -0.05) is 24.3 Å². The van der Waals surface area contributed by atoms with E-state index in [9.17, 15) is 4.79 Å². The molecule has 0 aliphatic carbocycles. The molecule has 3 heterocycles. The van der Waals surface area contributed by atoms with Crippen LogP contribution >= 0.6 is 0 Å². The molecular weight excluding hydrogens is 366 g/mol. The molecular formula is C22H33N5O2. The van der Waals surface area contributed by atoms with E-state index in [1.54, 1.807) is 0 Å². The largest absolute Gasteiger partial charge is 0.379 e. The maximum Gasteiger partial charge on any atom is 0.222 e. The number of amides is 1. The molecule has 1 unspecified atom stereocenters. The molecule has 0 spiro atoms. The smallest absolute Gasteiger partial charge is 0.222 e. The van der Waals surface area contributed by atoms with Crippen molar-refractivity contribution < 1.29 is 9.53 Å². The standard InChI is InChI=1S/C22H33N5O2/c1-23-22(27-10-8-20(17-27)25-11-13-29-14-12-25)24-15-18-4-6-19(7-5-18)16-26-9-2-3-21(26)28/h4-7,20H,2-3,8-17H2,1H3,(H,23,24). The number of ether oxygens (including phenoxy) is 1. The summed E-state index contributed by atoms with van der Waals surface area (Å²) in [5.74, 6) is 1.26. The van der Waals surface area contributed by atoms with E-state index in [-0.39, 0.29) is 5.91 Å². The number of hydrogen-bond donors (Lipinski definition) is 1. The molecule has 0 radical (unpaired) electrons. The predicted octanol–water partition coefficient (Wildman–Crippen LogP) is 1.29. The van der Waals surface area contributed by atoms with Gasteiger partial charge in [0.25, 0.3) is 0 Å². The van der Waals surface area contributed by atoms with Crippen LogP contribution in [0.5, 0.6) is 0 Å². The van der Waals surface area contributed by atoms with Gasteiger partial charge in [-0.3, -0.25) is 14.7 Å². The summed E-state index contributed by atoms with van der Waals surface area (Å²) < 4.78 is 5.48. The van der Waals surface area contributed by atoms with E-state index in [4.69, 9.17) is 4.74 Å². The Kier molecular flexibility index (Phi) is 6.67. The summed E-state index contributed by atoms with van der Waals surface area (Å²) in [6, 6.07) is 9.17. The van der Waals surface area contributed by atoms with Gasteiger partial charge in [0, 0.05) is 65.3 Å². The van der Waals surface area contributed by atoms with Crippen molar-refractivity contribution in [2.45, 2.75) is 38.4 Å². The summed E-state index contributed by atoms with van der Waals surface area (Å²) in [5.41, 5.74) is 2.42. The van der Waals surface area contributed by atoms with Gasteiger partial charge in [-0.25, -0.2) is 0 Å². The first-order valence-corrected chi connectivity index (χ1v) is 10.9. The fraction of sp³-hybridized carbons (Fsp3) is 0.636. The molecule has 1 atom stereocenters. The Bertz CT molecular complexity index is 714. The lowest BCUT2D eigenvalue weighted by Gasteiger charge is -2.32. The highest BCUT2D eigenvalue weighted by Gasteiger charge is 2.30. The van der Waals surface area contributed by atoms with Gasteiger partial charge in [-0.15, -0.1) is 0 Å². The Morgan fingerprint density at radius 3 is 2.59 bits per heavy atom. The molecule has 3 aliphatic heterocycles. The molecule has 7 nitrogen and oxygen atoms in total. The number of morpholine rings is 1. The minimum atomic E-state index is 0.278. The molecule has 1 N–H and O–H groups in total. The van der Waals surface area contributed by atoms with Crippen LogP contribution in [-0.2, 0) is 22.6 Å². The number of nitrogens with one attached hydrogen (secondary N) is 1. The van der Waals surface area contributed by atoms with Crippen molar-refractivity contribution in [3.05, 3.63) is 35.4 Å². The molecule has 29 heavy (non-hydrogen) atoms. The van der Waals surface area contributed by atoms with Gasteiger partial charge in [0.1, 0.15) is 0 Å². The number of rotatable bonds is 5. The Balaban J connectivity index is 1.26. The predicted molar refractivity (Wildman–Crippen MR) is 114 cm³/mol. The maximum atomic E-state index is 11.8. The Morgan fingerprint density at radius 2 is 1.90 bits per heavy atom. The summed E-state index contributed by atoms with van der Waals surface area (Å²) in [7, 11) is 1.86. The van der Waals surface area contributed by atoms with Crippen molar-refractivity contribution in [2.75, 3.05) is 53.0 Å². The minimum Gasteiger partial charge on any atom is -0.379 e. The number of guanidine groups is 1. The molecule has 0 bridgehead atoms. The van der Waals surface area contributed by atoms with Crippen LogP contribution in [0.4, 0.5) is 0 Å². The SMILES string of the molecule is CN=C(NCc1ccc(CN2CCCC2=O)cc1)N1CCC(N2CCOCC2)C1. The molecule has 1 amide bonds. The molecule has 4 rings (SSSR count). The number of carbonyl (C=O) groups excluding carboxylic acids is 1. The van der Waals surface area contributed by atoms with Gasteiger partial charge in [-0.05, 0) is 24.0 Å². The van der Waals surface area contributed by atoms with E-state index in [1.165, 1.54) is 17.5 Å². The first-order chi connectivity index (χ1) is 14.2. The lowest BCUT2D eigenvalue weighted by Crippen LogP contribution is -2.46. The number of aliphatic imine (C=N–C) groups is 1. The van der Waals surface area contributed by atoms with Gasteiger partial charge < -0.3 is 19.9 Å². The summed E-state index contributed by atoms with van der Waals surface area (Å²) in [6.45, 7) is 8.24. The average Bonchev–Trinajstić information content (AvgIpc) is 3.40. The molecule has 1 aromatic rings. The molecule has 0 saturated carbocycles. The molecule has 7 heteroatoms. The average molecular weight is 400 g/mol. The number of hydrogen-bond acceptors (Lipinski definition) is 4. The zero-order valence-electron chi connectivity index (χ0n) is 17.5. The number of benzene rings is 1. The topological polar surface area (TPSA) is 60.4 Å². The quantitative estimate of drug-likeness (QED) is 0.597. The number of carbonyl (C=O) groups is 1. The van der Waals surface area contributed by atoms with Crippen LogP contribution in [0.2, 0.25) is 0 Å². The van der Waals surface area contributed by atoms with Gasteiger partial charge in [0.2, 0.25) is 5.91 Å². The second-order valence-corrected chi connectivity index (χ2v) is 8.17. The van der Waals surface area contributed by atoms with Crippen molar-refractivity contribution >= 4 is 11.9 Å². The molecule has 3 fully saturated rings. The lowest BCUT2D eigenvalue weighted by molar-refractivity contribution is -0.128. The molecule has 3 saturated heterocycles. The maximum absolute atomic E-state index is 11.8. The minimum absolute atomic E-state index is 0.278. The van der Waals surface area contributed by atoms with Crippen molar-refractivity contribution in [3.8, 4) is 0 Å². The third-order valence-corrected chi connectivity index (χ3v) is 6.26. The van der Waals surface area contributed by atoms with E-state index in [1.807, 2.05) is 11.9 Å². The molecule has 0 aromatic heterocycles. The highest BCUT2D eigenvalue weighted by molar-refractivity contribution is 5.80. The Labute approximate surface area is 173 Å². The first-order valence-electron chi connectivity index (χ1n) is 10.9. The molecule has 3 aliphatic rings. The highest BCUT2D eigenvalue weighted by atomic mass is 16.5. The van der Waals surface area contributed by atoms with E-state index in [2.05, 4.69) is 44.4 Å². The summed E-state index contributed by atoms with van der Waals surface area (Å²) in [6.07, 6.45) is 2.87. The summed E-state index contributed by atoms with van der Waals surface area (Å²) in [4.78, 5) is 23.2. The number of likely N-dealkylation sites (tertiary alicyclic amines) is 2. The zero-order valence-corrected chi connectivity index (χ0v) is 17.5. The Hall–Kier alpha value is -2.12. The monoisotopic (exact) mass is 399 g/mol. The Morgan fingerprint density at radius 1 is 1.14 bits per heavy atom. The third kappa shape index (κ3) is 5.08. The van der Waals surface area contributed by atoms with Crippen molar-refractivity contribution in [2.24, 2.45) is 4.99 Å². The molecule has 1 aromatic carbocycles. The van der Waals surface area contributed by atoms with Gasteiger partial charge in [0.15, 0.2) is 5.96 Å². The van der Waals surface area contributed by atoms with Crippen LogP contribution in [0.15, 0.2) is 29.3 Å². The van der Waals surface area contributed by atoms with Crippen LogP contribution < -0.4 is 5.32 Å². The fourth-order valence-electron chi connectivity index (χ4n) is 4.54. The van der Waals surface area contributed by atoms with E-state index in [0.29, 0.717) is 12.5 Å². The van der Waals surface area contributed by atoms with E-state index >= 15 is 0 Å². The fourth-order valence-corrected chi connectivity index (χ4v) is 4.54. The van der Waals surface area contributed by atoms with E-state index < -0.39 is 0 Å². The van der Waals surface area contributed by atoms with Crippen LogP contribution in [0.1, 0.15) is 30.4 Å². The van der Waals surface area contributed by atoms with Gasteiger partial charge in [-0.2, -0.15) is 0 Å². The zero-order chi connectivity index (χ0) is 20.1.